The zero-order valence-corrected chi connectivity index (χ0v) is 10.7. The summed E-state index contributed by atoms with van der Waals surface area (Å²) in [6, 6.07) is -0.764. The summed E-state index contributed by atoms with van der Waals surface area (Å²) in [5.41, 5.74) is 5.76. The Labute approximate surface area is 107 Å². The van der Waals surface area contributed by atoms with Crippen LogP contribution in [-0.4, -0.2) is 54.6 Å². The van der Waals surface area contributed by atoms with Crippen molar-refractivity contribution in [2.75, 3.05) is 19.8 Å². The molecular formula is C12H21N3O3. The van der Waals surface area contributed by atoms with Crippen LogP contribution in [0.25, 0.3) is 0 Å². The lowest BCUT2D eigenvalue weighted by Crippen LogP contribution is -2.59. The highest BCUT2D eigenvalue weighted by molar-refractivity contribution is 5.90. The van der Waals surface area contributed by atoms with Crippen LogP contribution in [-0.2, 0) is 14.3 Å². The van der Waals surface area contributed by atoms with Gasteiger partial charge in [0.1, 0.15) is 6.04 Å². The van der Waals surface area contributed by atoms with E-state index in [2.05, 4.69) is 5.32 Å². The van der Waals surface area contributed by atoms with Crippen molar-refractivity contribution >= 4 is 11.8 Å². The van der Waals surface area contributed by atoms with E-state index in [-0.39, 0.29) is 24.5 Å². The van der Waals surface area contributed by atoms with Crippen LogP contribution in [0.1, 0.15) is 26.2 Å². The van der Waals surface area contributed by atoms with Crippen LogP contribution in [0.15, 0.2) is 0 Å². The molecule has 0 aromatic carbocycles. The molecule has 2 unspecified atom stereocenters. The van der Waals surface area contributed by atoms with Crippen molar-refractivity contribution in [2.24, 2.45) is 5.73 Å². The molecule has 3 N–H and O–H groups in total. The van der Waals surface area contributed by atoms with Crippen LogP contribution in [0, 0.1) is 0 Å². The molecule has 1 saturated heterocycles. The molecule has 1 aliphatic heterocycles. The smallest absolute Gasteiger partial charge is 0.245 e. The Morgan fingerprint density at radius 2 is 2.22 bits per heavy atom. The highest BCUT2D eigenvalue weighted by atomic mass is 16.5. The summed E-state index contributed by atoms with van der Waals surface area (Å²) < 4.78 is 5.30. The number of hydrogen-bond acceptors (Lipinski definition) is 4. The number of ether oxygens (including phenoxy) is 1. The van der Waals surface area contributed by atoms with Crippen molar-refractivity contribution in [2.45, 2.75) is 44.3 Å². The maximum Gasteiger partial charge on any atom is 0.245 e. The van der Waals surface area contributed by atoms with Gasteiger partial charge >= 0.3 is 0 Å². The molecular weight excluding hydrogens is 234 g/mol. The van der Waals surface area contributed by atoms with Crippen LogP contribution in [0.3, 0.4) is 0 Å². The first-order valence-electron chi connectivity index (χ1n) is 6.57. The molecule has 2 atom stereocenters. The molecule has 0 radical (unpaired) electrons. The SMILES string of the molecule is CCC(N)C(=O)N1CCOCC1C(=O)NC1CC1. The fourth-order valence-corrected chi connectivity index (χ4v) is 2.00. The highest BCUT2D eigenvalue weighted by Gasteiger charge is 2.36. The Balaban J connectivity index is 1.99. The van der Waals surface area contributed by atoms with Gasteiger partial charge in [-0.3, -0.25) is 9.59 Å². The molecule has 0 aromatic heterocycles. The molecule has 102 valence electrons. The van der Waals surface area contributed by atoms with E-state index in [1.165, 1.54) is 0 Å². The number of rotatable bonds is 4. The average molecular weight is 255 g/mol. The summed E-state index contributed by atoms with van der Waals surface area (Å²) in [6.07, 6.45) is 2.64. The molecule has 1 heterocycles. The van der Waals surface area contributed by atoms with Crippen LogP contribution in [0.4, 0.5) is 0 Å². The van der Waals surface area contributed by atoms with Gasteiger partial charge in [-0.15, -0.1) is 0 Å². The summed E-state index contributed by atoms with van der Waals surface area (Å²) >= 11 is 0. The fourth-order valence-electron chi connectivity index (χ4n) is 2.00. The van der Waals surface area contributed by atoms with Crippen molar-refractivity contribution in [3.8, 4) is 0 Å². The van der Waals surface area contributed by atoms with Gasteiger partial charge in [-0.2, -0.15) is 0 Å². The molecule has 6 nitrogen and oxygen atoms in total. The second-order valence-electron chi connectivity index (χ2n) is 4.92. The van der Waals surface area contributed by atoms with Gasteiger partial charge in [-0.1, -0.05) is 6.92 Å². The predicted octanol–water partition coefficient (Wildman–Crippen LogP) is -0.770. The van der Waals surface area contributed by atoms with Gasteiger partial charge in [-0.25, -0.2) is 0 Å². The van der Waals surface area contributed by atoms with Gasteiger partial charge in [-0.05, 0) is 19.3 Å². The molecule has 2 fully saturated rings. The lowest BCUT2D eigenvalue weighted by atomic mass is 10.1. The molecule has 18 heavy (non-hydrogen) atoms. The van der Waals surface area contributed by atoms with E-state index in [0.717, 1.165) is 12.8 Å². The molecule has 2 aliphatic rings. The van der Waals surface area contributed by atoms with Gasteiger partial charge in [0.25, 0.3) is 0 Å². The lowest BCUT2D eigenvalue weighted by Gasteiger charge is -2.35. The number of nitrogens with zero attached hydrogens (tertiary/aromatic N) is 1. The summed E-state index contributed by atoms with van der Waals surface area (Å²) in [5.74, 6) is -0.273. The molecule has 2 amide bonds. The minimum Gasteiger partial charge on any atom is -0.377 e. The van der Waals surface area contributed by atoms with Crippen LogP contribution in [0.2, 0.25) is 0 Å². The molecule has 1 saturated carbocycles. The Bertz CT molecular complexity index is 331. The van der Waals surface area contributed by atoms with Gasteiger partial charge in [0.15, 0.2) is 0 Å². The molecule has 0 spiro atoms. The van der Waals surface area contributed by atoms with E-state index < -0.39 is 12.1 Å². The lowest BCUT2D eigenvalue weighted by molar-refractivity contribution is -0.149. The molecule has 6 heteroatoms. The predicted molar refractivity (Wildman–Crippen MR) is 65.8 cm³/mol. The van der Waals surface area contributed by atoms with Gasteiger partial charge in [0, 0.05) is 12.6 Å². The monoisotopic (exact) mass is 255 g/mol. The zero-order chi connectivity index (χ0) is 13.1. The van der Waals surface area contributed by atoms with Crippen molar-refractivity contribution in [3.63, 3.8) is 0 Å². The number of carbonyl (C=O) groups excluding carboxylic acids is 2. The van der Waals surface area contributed by atoms with E-state index in [4.69, 9.17) is 10.5 Å². The normalized spacial score (nSPS) is 25.7. The minimum absolute atomic E-state index is 0.117. The number of nitrogens with one attached hydrogen (secondary N) is 1. The number of hydrogen-bond donors (Lipinski definition) is 2. The van der Waals surface area contributed by atoms with E-state index >= 15 is 0 Å². The van der Waals surface area contributed by atoms with Gasteiger partial charge in [0.05, 0.1) is 19.3 Å². The van der Waals surface area contributed by atoms with E-state index in [0.29, 0.717) is 19.6 Å². The van der Waals surface area contributed by atoms with Crippen LogP contribution >= 0.6 is 0 Å². The Kier molecular flexibility index (Phi) is 4.19. The third-order valence-corrected chi connectivity index (χ3v) is 3.39. The topological polar surface area (TPSA) is 84.7 Å². The molecule has 2 rings (SSSR count). The first kappa shape index (κ1) is 13.3. The second-order valence-corrected chi connectivity index (χ2v) is 4.92. The summed E-state index contributed by atoms with van der Waals surface area (Å²) in [4.78, 5) is 25.7. The first-order valence-corrected chi connectivity index (χ1v) is 6.57. The Hall–Kier alpha value is -1.14. The third-order valence-electron chi connectivity index (χ3n) is 3.39. The highest BCUT2D eigenvalue weighted by Crippen LogP contribution is 2.20. The number of nitrogens with two attached hydrogens (primary N) is 1. The van der Waals surface area contributed by atoms with Gasteiger partial charge < -0.3 is 20.7 Å². The molecule has 1 aliphatic carbocycles. The van der Waals surface area contributed by atoms with E-state index in [1.54, 1.807) is 4.90 Å². The Morgan fingerprint density at radius 3 is 2.83 bits per heavy atom. The summed E-state index contributed by atoms with van der Waals surface area (Å²) in [7, 11) is 0. The van der Waals surface area contributed by atoms with Crippen molar-refractivity contribution in [1.82, 2.24) is 10.2 Å². The largest absolute Gasteiger partial charge is 0.377 e. The third kappa shape index (κ3) is 3.00. The molecule has 0 aromatic rings. The average Bonchev–Trinajstić information content (AvgIpc) is 3.20. The minimum atomic E-state index is -0.528. The van der Waals surface area contributed by atoms with Crippen molar-refractivity contribution in [3.05, 3.63) is 0 Å². The van der Waals surface area contributed by atoms with Crippen molar-refractivity contribution < 1.29 is 14.3 Å². The number of carbonyl (C=O) groups is 2. The number of morpholine rings is 1. The maximum atomic E-state index is 12.1. The Morgan fingerprint density at radius 1 is 1.50 bits per heavy atom. The first-order chi connectivity index (χ1) is 8.63. The van der Waals surface area contributed by atoms with Crippen LogP contribution < -0.4 is 11.1 Å². The second kappa shape index (κ2) is 5.67. The van der Waals surface area contributed by atoms with Crippen LogP contribution in [0.5, 0.6) is 0 Å². The summed E-state index contributed by atoms with van der Waals surface area (Å²) in [6.45, 7) is 3.04. The van der Waals surface area contributed by atoms with Crippen molar-refractivity contribution in [1.29, 1.82) is 0 Å². The number of amides is 2. The zero-order valence-electron chi connectivity index (χ0n) is 10.7. The van der Waals surface area contributed by atoms with E-state index in [9.17, 15) is 9.59 Å². The molecule has 0 bridgehead atoms. The standard InChI is InChI=1S/C12H21N3O3/c1-2-9(13)12(17)15-5-6-18-7-10(15)11(16)14-8-3-4-8/h8-10H,2-7,13H2,1H3,(H,14,16). The maximum absolute atomic E-state index is 12.1. The van der Waals surface area contributed by atoms with Gasteiger partial charge in [0.2, 0.25) is 11.8 Å². The fraction of sp³-hybridized carbons (Fsp3) is 0.833. The van der Waals surface area contributed by atoms with E-state index in [1.807, 2.05) is 6.92 Å². The summed E-state index contributed by atoms with van der Waals surface area (Å²) in [5, 5.41) is 2.91. The quantitative estimate of drug-likeness (QED) is 0.691.